The summed E-state index contributed by atoms with van der Waals surface area (Å²) in [6.07, 6.45) is 1.74. The van der Waals surface area contributed by atoms with Crippen LogP contribution >= 0.6 is 15.9 Å². The van der Waals surface area contributed by atoms with E-state index in [1.54, 1.807) is 12.3 Å². The number of nitrogens with zero attached hydrogens (tertiary/aromatic N) is 2. The molecule has 1 N–H and O–H groups in total. The Kier molecular flexibility index (Phi) is 5.81. The zero-order chi connectivity index (χ0) is 21.1. The number of carbonyl (C=O) groups is 1. The van der Waals surface area contributed by atoms with Crippen molar-refractivity contribution in [1.29, 1.82) is 0 Å². The Bertz CT molecular complexity index is 1260. The van der Waals surface area contributed by atoms with Crippen LogP contribution in [-0.4, -0.2) is 16.7 Å². The van der Waals surface area contributed by atoms with E-state index in [2.05, 4.69) is 81.3 Å². The van der Waals surface area contributed by atoms with Crippen LogP contribution in [0.3, 0.4) is 0 Å². The highest BCUT2D eigenvalue weighted by atomic mass is 79.9. The minimum absolute atomic E-state index is 0.250. The first-order chi connectivity index (χ1) is 14.6. The molecule has 0 radical (unpaired) electrons. The van der Waals surface area contributed by atoms with E-state index >= 15 is 0 Å². The summed E-state index contributed by atoms with van der Waals surface area (Å²) in [7, 11) is 0. The van der Waals surface area contributed by atoms with Crippen LogP contribution in [0, 0.1) is 13.8 Å². The van der Waals surface area contributed by atoms with E-state index in [1.807, 2.05) is 30.3 Å². The maximum Gasteiger partial charge on any atom is 0.272 e. The predicted octanol–water partition coefficient (Wildman–Crippen LogP) is 5.83. The van der Waals surface area contributed by atoms with Gasteiger partial charge in [0.15, 0.2) is 0 Å². The molecule has 0 aliphatic rings. The molecule has 5 heteroatoms. The predicted molar refractivity (Wildman–Crippen MR) is 126 cm³/mol. The van der Waals surface area contributed by atoms with Gasteiger partial charge in [-0.25, -0.2) is 5.43 Å². The van der Waals surface area contributed by atoms with E-state index in [4.69, 9.17) is 0 Å². The second-order valence-electron chi connectivity index (χ2n) is 7.21. The molecular weight excluding hydrogens is 438 g/mol. The minimum Gasteiger partial charge on any atom is -0.340 e. The Balaban J connectivity index is 1.65. The molecule has 3 aromatic carbocycles. The van der Waals surface area contributed by atoms with Gasteiger partial charge < -0.3 is 4.57 Å². The quantitative estimate of drug-likeness (QED) is 0.296. The number of aromatic nitrogens is 1. The van der Waals surface area contributed by atoms with Crippen LogP contribution in [0.25, 0.3) is 10.9 Å². The highest BCUT2D eigenvalue weighted by Gasteiger charge is 2.14. The van der Waals surface area contributed by atoms with Gasteiger partial charge in [0.1, 0.15) is 0 Å². The third-order valence-electron chi connectivity index (χ3n) is 5.35. The monoisotopic (exact) mass is 459 g/mol. The van der Waals surface area contributed by atoms with Gasteiger partial charge in [-0.2, -0.15) is 5.10 Å². The van der Waals surface area contributed by atoms with Crippen LogP contribution in [0.5, 0.6) is 0 Å². The van der Waals surface area contributed by atoms with Crippen molar-refractivity contribution in [2.24, 2.45) is 5.10 Å². The number of hydrazone groups is 1. The van der Waals surface area contributed by atoms with Gasteiger partial charge in [-0.3, -0.25) is 4.79 Å². The summed E-state index contributed by atoms with van der Waals surface area (Å²) in [5.74, 6) is -0.250. The maximum absolute atomic E-state index is 12.4. The summed E-state index contributed by atoms with van der Waals surface area (Å²) in [5.41, 5.74) is 9.01. The van der Waals surface area contributed by atoms with Crippen molar-refractivity contribution in [2.45, 2.75) is 20.4 Å². The van der Waals surface area contributed by atoms with E-state index in [9.17, 15) is 4.79 Å². The topological polar surface area (TPSA) is 46.4 Å². The Morgan fingerprint density at radius 1 is 1.00 bits per heavy atom. The van der Waals surface area contributed by atoms with Crippen LogP contribution in [0.15, 0.2) is 82.4 Å². The standard InChI is InChI=1S/C25H22BrN3O/c1-17-9-3-4-10-19(17)16-29-18(2)22(20-11-6-8-14-24(20)29)15-27-28-25(30)21-12-5-7-13-23(21)26/h3-15H,16H2,1-2H3,(H,28,30)/b27-15-. The molecule has 0 aliphatic carbocycles. The Morgan fingerprint density at radius 3 is 2.50 bits per heavy atom. The smallest absolute Gasteiger partial charge is 0.272 e. The number of para-hydroxylation sites is 1. The van der Waals surface area contributed by atoms with Crippen LogP contribution in [0.1, 0.15) is 32.7 Å². The molecule has 0 saturated heterocycles. The average molecular weight is 460 g/mol. The molecule has 30 heavy (non-hydrogen) atoms. The first kappa shape index (κ1) is 20.1. The Morgan fingerprint density at radius 2 is 1.70 bits per heavy atom. The fourth-order valence-corrected chi connectivity index (χ4v) is 4.11. The number of halogens is 1. The molecule has 1 amide bonds. The largest absolute Gasteiger partial charge is 0.340 e. The van der Waals surface area contributed by atoms with Gasteiger partial charge in [0.05, 0.1) is 11.8 Å². The van der Waals surface area contributed by atoms with Gasteiger partial charge in [-0.15, -0.1) is 0 Å². The average Bonchev–Trinajstić information content (AvgIpc) is 3.01. The number of rotatable bonds is 5. The molecule has 4 aromatic rings. The van der Waals surface area contributed by atoms with Crippen molar-refractivity contribution in [2.75, 3.05) is 0 Å². The molecule has 0 unspecified atom stereocenters. The van der Waals surface area contributed by atoms with Crippen molar-refractivity contribution >= 4 is 39.0 Å². The van der Waals surface area contributed by atoms with E-state index in [0.717, 1.165) is 33.2 Å². The third-order valence-corrected chi connectivity index (χ3v) is 6.04. The zero-order valence-corrected chi connectivity index (χ0v) is 18.5. The van der Waals surface area contributed by atoms with Crippen LogP contribution < -0.4 is 5.43 Å². The number of hydrogen-bond acceptors (Lipinski definition) is 2. The minimum atomic E-state index is -0.250. The molecule has 0 fully saturated rings. The van der Waals surface area contributed by atoms with Gasteiger partial charge in [0.25, 0.3) is 5.91 Å². The van der Waals surface area contributed by atoms with E-state index in [0.29, 0.717) is 5.56 Å². The normalized spacial score (nSPS) is 11.3. The van der Waals surface area contributed by atoms with Crippen molar-refractivity contribution in [3.8, 4) is 0 Å². The summed E-state index contributed by atoms with van der Waals surface area (Å²) in [4.78, 5) is 12.4. The van der Waals surface area contributed by atoms with E-state index in [-0.39, 0.29) is 5.91 Å². The van der Waals surface area contributed by atoms with Crippen molar-refractivity contribution in [3.63, 3.8) is 0 Å². The molecular formula is C25H22BrN3O. The Labute approximate surface area is 184 Å². The van der Waals surface area contributed by atoms with Gasteiger partial charge in [0.2, 0.25) is 0 Å². The lowest BCUT2D eigenvalue weighted by Crippen LogP contribution is -2.18. The van der Waals surface area contributed by atoms with Crippen LogP contribution in [-0.2, 0) is 6.54 Å². The summed E-state index contributed by atoms with van der Waals surface area (Å²) >= 11 is 3.40. The lowest BCUT2D eigenvalue weighted by Gasteiger charge is -2.11. The molecule has 0 saturated carbocycles. The highest BCUT2D eigenvalue weighted by Crippen LogP contribution is 2.26. The Hall–Kier alpha value is -3.18. The second kappa shape index (κ2) is 8.67. The van der Waals surface area contributed by atoms with Gasteiger partial charge in [-0.05, 0) is 59.1 Å². The number of benzene rings is 3. The fourth-order valence-electron chi connectivity index (χ4n) is 3.64. The summed E-state index contributed by atoms with van der Waals surface area (Å²) in [6.45, 7) is 5.02. The number of carbonyl (C=O) groups excluding carboxylic acids is 1. The lowest BCUT2D eigenvalue weighted by molar-refractivity contribution is 0.0954. The number of amides is 1. The van der Waals surface area contributed by atoms with Crippen LogP contribution in [0.4, 0.5) is 0 Å². The number of fused-ring (bicyclic) bond motifs is 1. The second-order valence-corrected chi connectivity index (χ2v) is 8.06. The number of aryl methyl sites for hydroxylation is 1. The first-order valence-electron chi connectivity index (χ1n) is 9.76. The highest BCUT2D eigenvalue weighted by molar-refractivity contribution is 9.10. The van der Waals surface area contributed by atoms with E-state index in [1.165, 1.54) is 11.1 Å². The van der Waals surface area contributed by atoms with Gasteiger partial charge in [-0.1, -0.05) is 54.6 Å². The third kappa shape index (κ3) is 3.94. The van der Waals surface area contributed by atoms with Gasteiger partial charge >= 0.3 is 0 Å². The molecule has 1 aromatic heterocycles. The molecule has 4 nitrogen and oxygen atoms in total. The summed E-state index contributed by atoms with van der Waals surface area (Å²) in [5, 5.41) is 5.36. The molecule has 4 rings (SSSR count). The number of hydrogen-bond donors (Lipinski definition) is 1. The summed E-state index contributed by atoms with van der Waals surface area (Å²) < 4.78 is 3.04. The maximum atomic E-state index is 12.4. The molecule has 0 aliphatic heterocycles. The summed E-state index contributed by atoms with van der Waals surface area (Å²) in [6, 6.07) is 24.0. The first-order valence-corrected chi connectivity index (χ1v) is 10.6. The molecule has 0 spiro atoms. The molecule has 150 valence electrons. The lowest BCUT2D eigenvalue weighted by atomic mass is 10.1. The van der Waals surface area contributed by atoms with Crippen LogP contribution in [0.2, 0.25) is 0 Å². The fraction of sp³-hybridized carbons (Fsp3) is 0.120. The SMILES string of the molecule is Cc1ccccc1Cn1c(C)c(/C=N\NC(=O)c2ccccc2Br)c2ccccc21. The molecule has 0 bridgehead atoms. The van der Waals surface area contributed by atoms with E-state index < -0.39 is 0 Å². The zero-order valence-electron chi connectivity index (χ0n) is 16.9. The van der Waals surface area contributed by atoms with Crippen molar-refractivity contribution < 1.29 is 4.79 Å². The van der Waals surface area contributed by atoms with Crippen molar-refractivity contribution in [1.82, 2.24) is 9.99 Å². The van der Waals surface area contributed by atoms with Crippen molar-refractivity contribution in [3.05, 3.63) is 105 Å². The number of nitrogens with one attached hydrogen (secondary N) is 1. The molecule has 1 heterocycles. The van der Waals surface area contributed by atoms with Gasteiger partial charge in [0, 0.05) is 33.2 Å². The molecule has 0 atom stereocenters.